The van der Waals surface area contributed by atoms with Crippen molar-refractivity contribution in [1.29, 1.82) is 0 Å². The number of nitrogens with zero attached hydrogens (tertiary/aromatic N) is 3. The molecule has 7 heteroatoms. The molecular weight excluding hydrogens is 418 g/mol. The van der Waals surface area contributed by atoms with E-state index in [-0.39, 0.29) is 5.91 Å². The minimum atomic E-state index is 0.262. The number of fused-ring (bicyclic) bond motifs is 1. The summed E-state index contributed by atoms with van der Waals surface area (Å²) in [5.41, 5.74) is 2.37. The lowest BCUT2D eigenvalue weighted by Gasteiger charge is -2.34. The van der Waals surface area contributed by atoms with E-state index in [1.165, 1.54) is 20.1 Å². The van der Waals surface area contributed by atoms with Gasteiger partial charge in [0, 0.05) is 48.1 Å². The number of carbonyl (C=O) groups excluding carboxylic acids is 1. The Balaban J connectivity index is 1.28. The number of thioether (sulfide) groups is 2. The Labute approximate surface area is 184 Å². The summed E-state index contributed by atoms with van der Waals surface area (Å²) in [5, 5.41) is 1.07. The summed E-state index contributed by atoms with van der Waals surface area (Å²) in [6, 6.07) is 14.9. The van der Waals surface area contributed by atoms with E-state index < -0.39 is 0 Å². The average molecular weight is 444 g/mol. The van der Waals surface area contributed by atoms with Gasteiger partial charge in [0.2, 0.25) is 5.91 Å². The third-order valence-electron chi connectivity index (χ3n) is 5.10. The first-order valence-electron chi connectivity index (χ1n) is 9.80. The third-order valence-corrected chi connectivity index (χ3v) is 7.96. The molecule has 4 nitrogen and oxygen atoms in total. The molecule has 0 saturated carbocycles. The molecule has 1 aliphatic rings. The Bertz CT molecular complexity index is 979. The number of aryl methyl sites for hydroxylation is 1. The largest absolute Gasteiger partial charge is 0.345 e. The van der Waals surface area contributed by atoms with Crippen molar-refractivity contribution in [1.82, 2.24) is 9.88 Å². The summed E-state index contributed by atoms with van der Waals surface area (Å²) in [6.45, 7) is 5.35. The van der Waals surface area contributed by atoms with E-state index in [1.807, 2.05) is 4.90 Å². The third kappa shape index (κ3) is 4.90. The maximum Gasteiger partial charge on any atom is 0.223 e. The van der Waals surface area contributed by atoms with Crippen LogP contribution in [0.15, 0.2) is 52.3 Å². The fraction of sp³-hybridized carbons (Fsp3) is 0.364. The summed E-state index contributed by atoms with van der Waals surface area (Å²) >= 11 is 5.25. The Morgan fingerprint density at radius 1 is 1.10 bits per heavy atom. The van der Waals surface area contributed by atoms with Crippen molar-refractivity contribution in [2.75, 3.05) is 43.1 Å². The number of hydrogen-bond donors (Lipinski definition) is 0. The molecular formula is C22H25N3OS3. The van der Waals surface area contributed by atoms with E-state index in [1.54, 1.807) is 34.9 Å². The van der Waals surface area contributed by atoms with Crippen molar-refractivity contribution in [3.05, 3.63) is 48.0 Å². The molecule has 4 rings (SSSR count). The highest BCUT2D eigenvalue weighted by molar-refractivity contribution is 7.99. The van der Waals surface area contributed by atoms with Crippen molar-refractivity contribution >= 4 is 56.1 Å². The maximum atomic E-state index is 12.6. The molecule has 0 N–H and O–H groups in total. The normalized spacial score (nSPS) is 14.6. The first-order valence-corrected chi connectivity index (χ1v) is 12.8. The molecule has 0 unspecified atom stereocenters. The van der Waals surface area contributed by atoms with Crippen LogP contribution in [0.4, 0.5) is 5.13 Å². The zero-order valence-corrected chi connectivity index (χ0v) is 19.2. The van der Waals surface area contributed by atoms with Crippen molar-refractivity contribution in [2.24, 2.45) is 0 Å². The molecule has 0 spiro atoms. The highest BCUT2D eigenvalue weighted by Crippen LogP contribution is 2.34. The molecule has 1 aromatic heterocycles. The van der Waals surface area contributed by atoms with Crippen LogP contribution in [-0.4, -0.2) is 54.0 Å². The fourth-order valence-corrected chi connectivity index (χ4v) is 5.92. The maximum absolute atomic E-state index is 12.6. The van der Waals surface area contributed by atoms with Crippen molar-refractivity contribution in [2.45, 2.75) is 23.1 Å². The topological polar surface area (TPSA) is 36.4 Å². The van der Waals surface area contributed by atoms with Crippen LogP contribution in [0.1, 0.15) is 12.0 Å². The number of carbonyl (C=O) groups is 1. The standard InChI is InChI=1S/C22H25N3OS3/c1-16-6-8-17(9-7-16)28-15-10-20(26)24-11-13-25(14-12-24)22-23-21-18(27-2)4-3-5-19(21)29-22/h3-9H,10-15H2,1-2H3. The molecule has 152 valence electrons. The average Bonchev–Trinajstić information content (AvgIpc) is 3.19. The van der Waals surface area contributed by atoms with Crippen molar-refractivity contribution in [3.8, 4) is 0 Å². The predicted molar refractivity (Wildman–Crippen MR) is 127 cm³/mol. The number of hydrogen-bond acceptors (Lipinski definition) is 6. The van der Waals surface area contributed by atoms with Gasteiger partial charge in [-0.05, 0) is 37.4 Å². The van der Waals surface area contributed by atoms with Gasteiger partial charge in [0.1, 0.15) is 0 Å². The summed E-state index contributed by atoms with van der Waals surface area (Å²) in [5.74, 6) is 1.09. The predicted octanol–water partition coefficient (Wildman–Crippen LogP) is 5.16. The van der Waals surface area contributed by atoms with E-state index in [0.29, 0.717) is 6.42 Å². The Kier molecular flexibility index (Phi) is 6.67. The second kappa shape index (κ2) is 9.41. The Morgan fingerprint density at radius 2 is 1.86 bits per heavy atom. The lowest BCUT2D eigenvalue weighted by atomic mass is 10.2. The lowest BCUT2D eigenvalue weighted by molar-refractivity contribution is -0.131. The SMILES string of the molecule is CSc1cccc2sc(N3CCN(C(=O)CCSc4ccc(C)cc4)CC3)nc12. The van der Waals surface area contributed by atoms with Crippen LogP contribution >= 0.6 is 34.9 Å². The van der Waals surface area contributed by atoms with Gasteiger partial charge in [-0.25, -0.2) is 4.98 Å². The fourth-order valence-electron chi connectivity index (χ4n) is 3.41. The number of amides is 1. The van der Waals surface area contributed by atoms with Gasteiger partial charge in [-0.3, -0.25) is 4.79 Å². The molecule has 3 aromatic rings. The first kappa shape index (κ1) is 20.6. The smallest absolute Gasteiger partial charge is 0.223 e. The zero-order valence-electron chi connectivity index (χ0n) is 16.8. The molecule has 0 aliphatic carbocycles. The Morgan fingerprint density at radius 3 is 2.59 bits per heavy atom. The molecule has 1 fully saturated rings. The molecule has 0 atom stereocenters. The van der Waals surface area contributed by atoms with Crippen LogP contribution < -0.4 is 4.90 Å². The number of piperazine rings is 1. The van der Waals surface area contributed by atoms with Crippen molar-refractivity contribution in [3.63, 3.8) is 0 Å². The molecule has 2 aromatic carbocycles. The van der Waals surface area contributed by atoms with Gasteiger partial charge in [0.05, 0.1) is 10.2 Å². The van der Waals surface area contributed by atoms with Crippen LogP contribution in [0.5, 0.6) is 0 Å². The molecule has 29 heavy (non-hydrogen) atoms. The van der Waals surface area contributed by atoms with Crippen LogP contribution in [0.25, 0.3) is 10.2 Å². The van der Waals surface area contributed by atoms with E-state index in [2.05, 4.69) is 60.5 Å². The second-order valence-corrected chi connectivity index (χ2v) is 10.1. The van der Waals surface area contributed by atoms with Gasteiger partial charge in [-0.2, -0.15) is 0 Å². The first-order chi connectivity index (χ1) is 14.1. The van der Waals surface area contributed by atoms with Gasteiger partial charge in [0.25, 0.3) is 0 Å². The Hall–Kier alpha value is -1.70. The summed E-state index contributed by atoms with van der Waals surface area (Å²) < 4.78 is 1.23. The monoisotopic (exact) mass is 443 g/mol. The van der Waals surface area contributed by atoms with E-state index in [9.17, 15) is 4.79 Å². The van der Waals surface area contributed by atoms with Gasteiger partial charge in [-0.15, -0.1) is 23.5 Å². The highest BCUT2D eigenvalue weighted by Gasteiger charge is 2.23. The minimum absolute atomic E-state index is 0.262. The molecule has 0 radical (unpaired) electrons. The minimum Gasteiger partial charge on any atom is -0.345 e. The quantitative estimate of drug-likeness (QED) is 0.492. The van der Waals surface area contributed by atoms with E-state index in [4.69, 9.17) is 4.98 Å². The van der Waals surface area contributed by atoms with E-state index in [0.717, 1.165) is 42.6 Å². The van der Waals surface area contributed by atoms with Crippen LogP contribution in [0, 0.1) is 6.92 Å². The van der Waals surface area contributed by atoms with Gasteiger partial charge in [0.15, 0.2) is 5.13 Å². The number of benzene rings is 2. The molecule has 1 saturated heterocycles. The highest BCUT2D eigenvalue weighted by atomic mass is 32.2. The van der Waals surface area contributed by atoms with Gasteiger partial charge in [-0.1, -0.05) is 35.1 Å². The lowest BCUT2D eigenvalue weighted by Crippen LogP contribution is -2.48. The summed E-state index contributed by atoms with van der Waals surface area (Å²) in [4.78, 5) is 24.3. The number of anilines is 1. The van der Waals surface area contributed by atoms with Gasteiger partial charge >= 0.3 is 0 Å². The molecule has 2 heterocycles. The molecule has 0 bridgehead atoms. The molecule has 1 amide bonds. The number of para-hydroxylation sites is 1. The van der Waals surface area contributed by atoms with Gasteiger partial charge < -0.3 is 9.80 Å². The van der Waals surface area contributed by atoms with Crippen LogP contribution in [0.3, 0.4) is 0 Å². The van der Waals surface area contributed by atoms with E-state index >= 15 is 0 Å². The molecule has 1 aliphatic heterocycles. The number of thiazole rings is 1. The van der Waals surface area contributed by atoms with Crippen molar-refractivity contribution < 1.29 is 4.79 Å². The number of aromatic nitrogens is 1. The summed E-state index contributed by atoms with van der Waals surface area (Å²) in [7, 11) is 0. The van der Waals surface area contributed by atoms with Crippen LogP contribution in [-0.2, 0) is 4.79 Å². The summed E-state index contributed by atoms with van der Waals surface area (Å²) in [6.07, 6.45) is 2.69. The number of rotatable bonds is 6. The second-order valence-electron chi connectivity index (χ2n) is 7.08. The zero-order chi connectivity index (χ0) is 20.2. The van der Waals surface area contributed by atoms with Crippen LogP contribution in [0.2, 0.25) is 0 Å².